The Morgan fingerprint density at radius 3 is 2.67 bits per heavy atom. The van der Waals surface area contributed by atoms with Crippen LogP contribution >= 0.6 is 0 Å². The highest BCUT2D eigenvalue weighted by Crippen LogP contribution is 2.32. The summed E-state index contributed by atoms with van der Waals surface area (Å²) in [5.41, 5.74) is -0.936. The summed E-state index contributed by atoms with van der Waals surface area (Å²) in [6, 6.07) is 5.30. The van der Waals surface area contributed by atoms with Crippen LogP contribution in [0.25, 0.3) is 0 Å². The molecule has 0 aliphatic rings. The van der Waals surface area contributed by atoms with Gasteiger partial charge in [0.2, 0.25) is 0 Å². The van der Waals surface area contributed by atoms with Gasteiger partial charge in [0.15, 0.2) is 5.69 Å². The molecule has 0 saturated carbocycles. The molecule has 1 N–H and O–H groups in total. The number of anilines is 1. The summed E-state index contributed by atoms with van der Waals surface area (Å²) in [5.74, 6) is 0.192. The average molecular weight is 339 g/mol. The first-order chi connectivity index (χ1) is 11.4. The molecule has 0 spiro atoms. The third-order valence-corrected chi connectivity index (χ3v) is 3.44. The van der Waals surface area contributed by atoms with E-state index in [1.165, 1.54) is 12.1 Å². The fraction of sp³-hybridized carbons (Fsp3) is 0.400. The van der Waals surface area contributed by atoms with Gasteiger partial charge in [-0.1, -0.05) is 0 Å². The molecule has 128 valence electrons. The van der Waals surface area contributed by atoms with Crippen molar-refractivity contribution in [1.82, 2.24) is 14.8 Å². The molecule has 24 heavy (non-hydrogen) atoms. The first kappa shape index (κ1) is 17.7. The zero-order valence-corrected chi connectivity index (χ0v) is 13.0. The van der Waals surface area contributed by atoms with E-state index in [-0.39, 0.29) is 19.0 Å². The minimum atomic E-state index is -4.64. The van der Waals surface area contributed by atoms with Crippen molar-refractivity contribution < 1.29 is 18.3 Å². The standard InChI is InChI=1S/C15H16F3N5O/c1-2-23-11(5-6-20-23)10-22(7-8-24)14-4-3-12(15(16,17)18)13(9-19)21-14/h3-6,24H,2,7-8,10H2,1H3. The Labute approximate surface area is 136 Å². The molecule has 2 aromatic rings. The number of aliphatic hydroxyl groups excluding tert-OH is 1. The van der Waals surface area contributed by atoms with Gasteiger partial charge in [-0.15, -0.1) is 0 Å². The maximum atomic E-state index is 12.9. The SMILES string of the molecule is CCn1nccc1CN(CCO)c1ccc(C(F)(F)F)c(C#N)n1. The summed E-state index contributed by atoms with van der Waals surface area (Å²) < 4.78 is 40.3. The Kier molecular flexibility index (Phi) is 5.41. The largest absolute Gasteiger partial charge is 0.419 e. The molecule has 0 bridgehead atoms. The summed E-state index contributed by atoms with van der Waals surface area (Å²) in [6.07, 6.45) is -3.02. The molecule has 0 atom stereocenters. The smallest absolute Gasteiger partial charge is 0.395 e. The normalized spacial score (nSPS) is 11.3. The number of nitrogens with zero attached hydrogens (tertiary/aromatic N) is 5. The van der Waals surface area contributed by atoms with Crippen LogP contribution in [0, 0.1) is 11.3 Å². The molecule has 2 rings (SSSR count). The number of aromatic nitrogens is 3. The highest BCUT2D eigenvalue weighted by Gasteiger charge is 2.34. The zero-order chi connectivity index (χ0) is 17.7. The molecule has 6 nitrogen and oxygen atoms in total. The maximum Gasteiger partial charge on any atom is 0.419 e. The van der Waals surface area contributed by atoms with Crippen molar-refractivity contribution >= 4 is 5.82 Å². The summed E-state index contributed by atoms with van der Waals surface area (Å²) >= 11 is 0. The molecule has 0 aliphatic carbocycles. The number of aliphatic hydroxyl groups is 1. The molecule has 0 amide bonds. The topological polar surface area (TPSA) is 78.0 Å². The van der Waals surface area contributed by atoms with E-state index in [0.29, 0.717) is 13.1 Å². The van der Waals surface area contributed by atoms with E-state index in [9.17, 15) is 18.3 Å². The van der Waals surface area contributed by atoms with E-state index in [0.717, 1.165) is 11.8 Å². The second-order valence-corrected chi connectivity index (χ2v) is 4.96. The van der Waals surface area contributed by atoms with E-state index in [2.05, 4.69) is 10.1 Å². The summed E-state index contributed by atoms with van der Waals surface area (Å²) in [6.45, 7) is 2.82. The van der Waals surface area contributed by atoms with Gasteiger partial charge < -0.3 is 10.0 Å². The van der Waals surface area contributed by atoms with E-state index in [1.807, 2.05) is 6.92 Å². The lowest BCUT2D eigenvalue weighted by atomic mass is 10.2. The van der Waals surface area contributed by atoms with Gasteiger partial charge in [0, 0.05) is 19.3 Å². The zero-order valence-electron chi connectivity index (χ0n) is 13.0. The number of rotatable bonds is 6. The number of halogens is 3. The van der Waals surface area contributed by atoms with Gasteiger partial charge in [0.25, 0.3) is 0 Å². The number of hydrogen-bond acceptors (Lipinski definition) is 5. The molecular formula is C15H16F3N5O. The van der Waals surface area contributed by atoms with Gasteiger partial charge >= 0.3 is 6.18 Å². The number of hydrogen-bond donors (Lipinski definition) is 1. The minimum Gasteiger partial charge on any atom is -0.395 e. The van der Waals surface area contributed by atoms with Crippen molar-refractivity contribution in [2.24, 2.45) is 0 Å². The third kappa shape index (κ3) is 3.83. The van der Waals surface area contributed by atoms with Crippen LogP contribution in [0.4, 0.5) is 19.0 Å². The van der Waals surface area contributed by atoms with E-state index >= 15 is 0 Å². The quantitative estimate of drug-likeness (QED) is 0.873. The Morgan fingerprint density at radius 1 is 1.33 bits per heavy atom. The third-order valence-electron chi connectivity index (χ3n) is 3.44. The Bertz CT molecular complexity index is 735. The maximum absolute atomic E-state index is 12.9. The van der Waals surface area contributed by atoms with Crippen molar-refractivity contribution in [3.05, 3.63) is 41.3 Å². The van der Waals surface area contributed by atoms with Crippen LogP contribution in [0.5, 0.6) is 0 Å². The Hall–Kier alpha value is -2.60. The number of alkyl halides is 3. The van der Waals surface area contributed by atoms with Gasteiger partial charge in [-0.25, -0.2) is 4.98 Å². The van der Waals surface area contributed by atoms with Crippen molar-refractivity contribution in [3.63, 3.8) is 0 Å². The van der Waals surface area contributed by atoms with Crippen molar-refractivity contribution in [1.29, 1.82) is 5.26 Å². The molecule has 0 aromatic carbocycles. The number of pyridine rings is 1. The minimum absolute atomic E-state index is 0.165. The Morgan fingerprint density at radius 2 is 2.08 bits per heavy atom. The first-order valence-corrected chi connectivity index (χ1v) is 7.25. The van der Waals surface area contributed by atoms with Crippen LogP contribution in [-0.4, -0.2) is 33.0 Å². The summed E-state index contributed by atoms with van der Waals surface area (Å²) in [4.78, 5) is 5.42. The predicted molar refractivity (Wildman–Crippen MR) is 80.0 cm³/mol. The fourth-order valence-corrected chi connectivity index (χ4v) is 2.31. The van der Waals surface area contributed by atoms with E-state index in [4.69, 9.17) is 5.26 Å². The predicted octanol–water partition coefficient (Wildman–Crippen LogP) is 2.19. The summed E-state index contributed by atoms with van der Waals surface area (Å²) in [7, 11) is 0. The van der Waals surface area contributed by atoms with Crippen molar-refractivity contribution in [3.8, 4) is 6.07 Å². The van der Waals surface area contributed by atoms with Crippen LogP contribution in [0.3, 0.4) is 0 Å². The van der Waals surface area contributed by atoms with Crippen LogP contribution < -0.4 is 4.90 Å². The van der Waals surface area contributed by atoms with Gasteiger partial charge in [-0.2, -0.15) is 23.5 Å². The molecule has 0 saturated heterocycles. The van der Waals surface area contributed by atoms with Gasteiger partial charge in [-0.3, -0.25) is 4.68 Å². The molecule has 2 heterocycles. The van der Waals surface area contributed by atoms with Crippen LogP contribution in [0.1, 0.15) is 23.9 Å². The first-order valence-electron chi connectivity index (χ1n) is 7.25. The van der Waals surface area contributed by atoms with Crippen molar-refractivity contribution in [2.45, 2.75) is 26.2 Å². The number of nitriles is 1. The molecule has 0 fully saturated rings. The molecule has 2 aromatic heterocycles. The lowest BCUT2D eigenvalue weighted by Crippen LogP contribution is -2.28. The van der Waals surface area contributed by atoms with Crippen LogP contribution in [0.15, 0.2) is 24.4 Å². The monoisotopic (exact) mass is 339 g/mol. The van der Waals surface area contributed by atoms with Gasteiger partial charge in [-0.05, 0) is 25.1 Å². The number of aryl methyl sites for hydroxylation is 1. The fourth-order valence-electron chi connectivity index (χ4n) is 2.31. The van der Waals surface area contributed by atoms with E-state index < -0.39 is 17.4 Å². The molecular weight excluding hydrogens is 323 g/mol. The average Bonchev–Trinajstić information content (AvgIpc) is 3.00. The van der Waals surface area contributed by atoms with Crippen molar-refractivity contribution in [2.75, 3.05) is 18.1 Å². The highest BCUT2D eigenvalue weighted by atomic mass is 19.4. The van der Waals surface area contributed by atoms with Crippen LogP contribution in [-0.2, 0) is 19.3 Å². The van der Waals surface area contributed by atoms with Gasteiger partial charge in [0.1, 0.15) is 11.9 Å². The van der Waals surface area contributed by atoms with Crippen LogP contribution in [0.2, 0.25) is 0 Å². The highest BCUT2D eigenvalue weighted by molar-refractivity contribution is 5.46. The summed E-state index contributed by atoms with van der Waals surface area (Å²) in [5, 5.41) is 22.3. The van der Waals surface area contributed by atoms with Gasteiger partial charge in [0.05, 0.1) is 24.4 Å². The second-order valence-electron chi connectivity index (χ2n) is 4.96. The van der Waals surface area contributed by atoms with E-state index in [1.54, 1.807) is 21.8 Å². The molecule has 9 heteroatoms. The molecule has 0 radical (unpaired) electrons. The Balaban J connectivity index is 2.36. The molecule has 0 aliphatic heterocycles. The second kappa shape index (κ2) is 7.31. The lowest BCUT2D eigenvalue weighted by Gasteiger charge is -2.24. The lowest BCUT2D eigenvalue weighted by molar-refractivity contribution is -0.138. The molecule has 0 unspecified atom stereocenters.